The summed E-state index contributed by atoms with van der Waals surface area (Å²) in [4.78, 5) is 136. The molecule has 0 aliphatic carbocycles. The Balaban J connectivity index is 2.41. The molecule has 0 spiro atoms. The third-order valence-electron chi connectivity index (χ3n) is 13.1. The fraction of sp³-hybridized carbons (Fsp3) is 0.600. The highest BCUT2D eigenvalue weighted by Crippen LogP contribution is 2.13. The molecule has 0 radical (unpaired) electrons. The fourth-order valence-electron chi connectivity index (χ4n) is 8.34. The van der Waals surface area contributed by atoms with E-state index in [0.29, 0.717) is 49.7 Å². The number of carboxylic acids is 1. The minimum atomic E-state index is -1.72. The topological polar surface area (TPSA) is 464 Å². The Morgan fingerprint density at radius 2 is 0.768 bits per heavy atom. The first kappa shape index (κ1) is 71.0. The highest BCUT2D eigenvalue weighted by Gasteiger charge is 2.36. The van der Waals surface area contributed by atoms with E-state index in [1.165, 1.54) is 6.92 Å². The lowest BCUT2D eigenvalue weighted by Gasteiger charge is -2.28. The van der Waals surface area contributed by atoms with Crippen LogP contribution in [0, 0.1) is 5.92 Å². The zero-order valence-electron chi connectivity index (χ0n) is 47.4. The Kier molecular flexibility index (Phi) is 33.4. The molecule has 0 aromatic heterocycles. The van der Waals surface area contributed by atoms with E-state index < -0.39 is 139 Å². The molecule has 21 N–H and O–H groups in total. The number of aliphatic hydroxyl groups excluding tert-OH is 3. The van der Waals surface area contributed by atoms with Crippen LogP contribution < -0.4 is 70.8 Å². The Morgan fingerprint density at radius 1 is 0.427 bits per heavy atom. The molecule has 11 atom stereocenters. The van der Waals surface area contributed by atoms with Crippen LogP contribution >= 0.6 is 0 Å². The van der Waals surface area contributed by atoms with Gasteiger partial charge in [0.15, 0.2) is 6.04 Å². The first-order valence-electron chi connectivity index (χ1n) is 27.8. The van der Waals surface area contributed by atoms with Crippen molar-refractivity contribution in [2.75, 3.05) is 32.8 Å². The quantitative estimate of drug-likeness (QED) is 0.0283. The number of aliphatic hydroxyl groups is 3. The van der Waals surface area contributed by atoms with Crippen molar-refractivity contribution < 1.29 is 68.4 Å². The smallest absolute Gasteiger partial charge is 0.328 e. The van der Waals surface area contributed by atoms with Gasteiger partial charge in [-0.25, -0.2) is 4.79 Å². The molecule has 0 saturated carbocycles. The third kappa shape index (κ3) is 26.2. The number of benzene rings is 2. The molecule has 9 amide bonds. The monoisotopic (exact) mass is 1160 g/mol. The van der Waals surface area contributed by atoms with E-state index in [9.17, 15) is 68.4 Å². The van der Waals surface area contributed by atoms with Crippen LogP contribution in [0.3, 0.4) is 0 Å². The maximum absolute atomic E-state index is 14.4. The van der Waals surface area contributed by atoms with Gasteiger partial charge in [0.25, 0.3) is 0 Å². The SMILES string of the molecule is CC(C)C[C@H](NC(=O)[C@H](Cc1ccccc1)NC(=O)[C@H](C)NC(=O)[C@H](Cc1ccccc1)NC(=O)[C@@H](N)CO)C(=O)N[C@@H](CCCCN)C(=O)N[C@@H](CCCCN)C(=O)N[C@@H](CO)C(=O)N[C@@H](CCCCN)C(=O)N[C@H](C(=O)O)[C@@H](C)O. The van der Waals surface area contributed by atoms with Gasteiger partial charge in [-0.2, -0.15) is 0 Å². The number of nitrogens with two attached hydrogens (primary N) is 4. The second kappa shape index (κ2) is 38.5. The standard InChI is InChI=1S/C55H89N13O14/c1-32(2)27-41(66-53(79)43(29-36-19-9-6-10-20-36)64-46(72)33(3)60-51(77)42(65-47(73)37(59)30-69)28-35-17-7-5-8-18-35)52(78)62-38(21-11-14-24-56)48(74)61-39(22-12-15-25-57)49(75)67-44(31-70)54(80)63-40(23-13-16-26-58)50(76)68-45(34(4)71)55(81)82/h5-10,17-20,32-34,37-45,69-71H,11-16,21-31,56-59H2,1-4H3,(H,60,77)(H,61,74)(H,62,78)(H,63,80)(H,64,72)(H,65,73)(H,66,79)(H,67,75)(H,68,76)(H,81,82)/t33-,34+,37-,38-,39-,40-,41-,42-,43-,44-,45-/m0/s1. The predicted molar refractivity (Wildman–Crippen MR) is 303 cm³/mol. The lowest BCUT2D eigenvalue weighted by molar-refractivity contribution is -0.145. The Hall–Kier alpha value is -7.14. The number of carbonyl (C=O) groups is 10. The van der Waals surface area contributed by atoms with Crippen LogP contribution in [0.4, 0.5) is 0 Å². The highest BCUT2D eigenvalue weighted by atomic mass is 16.4. The van der Waals surface area contributed by atoms with Crippen LogP contribution in [-0.2, 0) is 60.8 Å². The van der Waals surface area contributed by atoms with Crippen LogP contribution in [-0.4, -0.2) is 179 Å². The number of rotatable bonds is 40. The maximum atomic E-state index is 14.4. The van der Waals surface area contributed by atoms with Gasteiger partial charge >= 0.3 is 5.97 Å². The fourth-order valence-corrected chi connectivity index (χ4v) is 8.34. The number of hydrogen-bond donors (Lipinski definition) is 17. The van der Waals surface area contributed by atoms with Crippen molar-refractivity contribution in [3.8, 4) is 0 Å². The molecule has 0 heterocycles. The normalized spacial score (nSPS) is 15.2. The number of hydrogen-bond acceptors (Lipinski definition) is 17. The molecule has 82 heavy (non-hydrogen) atoms. The lowest BCUT2D eigenvalue weighted by atomic mass is 10.00. The molecule has 0 unspecified atom stereocenters. The number of amides is 9. The van der Waals surface area contributed by atoms with Crippen molar-refractivity contribution in [2.24, 2.45) is 28.9 Å². The molecular formula is C55H89N13O14. The summed E-state index contributed by atoms with van der Waals surface area (Å²) in [6.07, 6.45) is 0.644. The van der Waals surface area contributed by atoms with Gasteiger partial charge in [-0.3, -0.25) is 43.2 Å². The largest absolute Gasteiger partial charge is 0.480 e. The zero-order valence-corrected chi connectivity index (χ0v) is 47.4. The minimum absolute atomic E-state index is 0.00388. The van der Waals surface area contributed by atoms with E-state index in [0.717, 1.165) is 6.92 Å². The van der Waals surface area contributed by atoms with E-state index in [2.05, 4.69) is 47.9 Å². The van der Waals surface area contributed by atoms with Gasteiger partial charge in [0.2, 0.25) is 53.2 Å². The van der Waals surface area contributed by atoms with Gasteiger partial charge in [-0.15, -0.1) is 0 Å². The summed E-state index contributed by atoms with van der Waals surface area (Å²) in [5.41, 5.74) is 24.1. The summed E-state index contributed by atoms with van der Waals surface area (Å²) in [6.45, 7) is 5.15. The van der Waals surface area contributed by atoms with Crippen LogP contribution in [0.25, 0.3) is 0 Å². The van der Waals surface area contributed by atoms with Crippen molar-refractivity contribution >= 4 is 59.1 Å². The Labute approximate surface area is 478 Å². The van der Waals surface area contributed by atoms with Gasteiger partial charge in [0.1, 0.15) is 54.4 Å². The van der Waals surface area contributed by atoms with E-state index in [1.54, 1.807) is 74.5 Å². The zero-order chi connectivity index (χ0) is 61.3. The van der Waals surface area contributed by atoms with Gasteiger partial charge in [-0.05, 0) is 115 Å². The molecule has 27 nitrogen and oxygen atoms in total. The highest BCUT2D eigenvalue weighted by molar-refractivity contribution is 5.98. The first-order chi connectivity index (χ1) is 39.0. The average molecular weight is 1160 g/mol. The van der Waals surface area contributed by atoms with Crippen molar-refractivity contribution in [3.05, 3.63) is 71.8 Å². The van der Waals surface area contributed by atoms with Gasteiger partial charge < -0.3 is 91.2 Å². The molecule has 0 aliphatic rings. The molecule has 2 rings (SSSR count). The summed E-state index contributed by atoms with van der Waals surface area (Å²) < 4.78 is 0. The Morgan fingerprint density at radius 3 is 1.15 bits per heavy atom. The van der Waals surface area contributed by atoms with Gasteiger partial charge in [-0.1, -0.05) is 74.5 Å². The van der Waals surface area contributed by atoms with Crippen molar-refractivity contribution in [1.29, 1.82) is 0 Å². The molecule has 27 heteroatoms. The van der Waals surface area contributed by atoms with Gasteiger partial charge in [0.05, 0.1) is 19.3 Å². The predicted octanol–water partition coefficient (Wildman–Crippen LogP) is -3.93. The molecule has 0 fully saturated rings. The van der Waals surface area contributed by atoms with Crippen molar-refractivity contribution in [2.45, 2.75) is 171 Å². The lowest BCUT2D eigenvalue weighted by Crippen LogP contribution is -2.61. The van der Waals surface area contributed by atoms with E-state index in [-0.39, 0.29) is 64.1 Å². The molecular weight excluding hydrogens is 1070 g/mol. The van der Waals surface area contributed by atoms with Gasteiger partial charge in [0, 0.05) is 12.8 Å². The maximum Gasteiger partial charge on any atom is 0.328 e. The van der Waals surface area contributed by atoms with Crippen LogP contribution in [0.15, 0.2) is 60.7 Å². The van der Waals surface area contributed by atoms with Crippen molar-refractivity contribution in [3.63, 3.8) is 0 Å². The summed E-state index contributed by atoms with van der Waals surface area (Å²) in [5, 5.41) is 62.1. The van der Waals surface area contributed by atoms with Crippen molar-refractivity contribution in [1.82, 2.24) is 47.9 Å². The molecule has 0 saturated heterocycles. The summed E-state index contributed by atoms with van der Waals surface area (Å²) in [7, 11) is 0. The van der Waals surface area contributed by atoms with E-state index in [1.807, 2.05) is 0 Å². The number of unbranched alkanes of at least 4 members (excludes halogenated alkanes) is 3. The summed E-state index contributed by atoms with van der Waals surface area (Å²) in [5.74, 6) is -9.45. The molecule has 2 aromatic rings. The number of nitrogens with one attached hydrogen (secondary N) is 9. The number of aliphatic carboxylic acids is 1. The molecule has 0 aliphatic heterocycles. The minimum Gasteiger partial charge on any atom is -0.480 e. The molecule has 458 valence electrons. The number of carboxylic acid groups (broad SMARTS) is 1. The summed E-state index contributed by atoms with van der Waals surface area (Å²) in [6, 6.07) is 3.41. The van der Waals surface area contributed by atoms with E-state index in [4.69, 9.17) is 22.9 Å². The first-order valence-corrected chi connectivity index (χ1v) is 27.8. The van der Waals surface area contributed by atoms with Crippen LogP contribution in [0.2, 0.25) is 0 Å². The second-order valence-electron chi connectivity index (χ2n) is 20.6. The number of carbonyl (C=O) groups excluding carboxylic acids is 9. The van der Waals surface area contributed by atoms with Crippen LogP contribution in [0.1, 0.15) is 103 Å². The molecule has 2 aromatic carbocycles. The third-order valence-corrected chi connectivity index (χ3v) is 13.1. The summed E-state index contributed by atoms with van der Waals surface area (Å²) >= 11 is 0. The van der Waals surface area contributed by atoms with Crippen LogP contribution in [0.5, 0.6) is 0 Å². The van der Waals surface area contributed by atoms with E-state index >= 15 is 0 Å². The Bertz CT molecular complexity index is 2330. The second-order valence-corrected chi connectivity index (χ2v) is 20.6. The average Bonchev–Trinajstić information content (AvgIpc) is 3.45. The molecule has 0 bridgehead atoms.